The van der Waals surface area contributed by atoms with E-state index in [1.165, 1.54) is 0 Å². The fourth-order valence-electron chi connectivity index (χ4n) is 2.44. The maximum Gasteiger partial charge on any atom is 0.148 e. The molecule has 4 heteroatoms. The van der Waals surface area contributed by atoms with E-state index in [0.717, 1.165) is 0 Å². The molecule has 0 bridgehead atoms. The predicted octanol–water partition coefficient (Wildman–Crippen LogP) is 3.71. The van der Waals surface area contributed by atoms with Crippen molar-refractivity contribution in [1.29, 1.82) is 0 Å². The predicted molar refractivity (Wildman–Crippen MR) is 76.5 cm³/mol. The fourth-order valence-corrected chi connectivity index (χ4v) is 2.44. The smallest absolute Gasteiger partial charge is 0.148 e. The first-order valence-electron chi connectivity index (χ1n) is 6.53. The van der Waals surface area contributed by atoms with E-state index in [1.807, 2.05) is 35.9 Å². The summed E-state index contributed by atoms with van der Waals surface area (Å²) >= 11 is 0. The Kier molecular flexibility index (Phi) is 3.14. The molecule has 0 spiro atoms. The Labute approximate surface area is 116 Å². The summed E-state index contributed by atoms with van der Waals surface area (Å²) in [6, 6.07) is 7.25. The number of nitrogens with zero attached hydrogens (tertiary/aromatic N) is 2. The first-order valence-corrected chi connectivity index (χ1v) is 6.53. The molecule has 3 nitrogen and oxygen atoms in total. The van der Waals surface area contributed by atoms with Crippen LogP contribution in [0.5, 0.6) is 5.75 Å². The van der Waals surface area contributed by atoms with Crippen LogP contribution in [0.25, 0.3) is 16.8 Å². The van der Waals surface area contributed by atoms with Crippen LogP contribution in [0.2, 0.25) is 0 Å². The number of fused-ring (bicyclic) bond motifs is 1. The van der Waals surface area contributed by atoms with Crippen molar-refractivity contribution in [3.8, 4) is 16.9 Å². The van der Waals surface area contributed by atoms with E-state index in [0.29, 0.717) is 34.5 Å². The van der Waals surface area contributed by atoms with E-state index in [9.17, 15) is 4.39 Å². The standard InChI is InChI=1S/C16H15FN2O/c1-3-11-5-4-6-12(15(11)17)14-13(20-2)7-9-19-10-8-18-16(14)19/h4-10H,3H2,1-2H3. The number of ether oxygens (including phenoxy) is 1. The van der Waals surface area contributed by atoms with Gasteiger partial charge in [0.05, 0.1) is 12.7 Å². The number of rotatable bonds is 3. The molecule has 20 heavy (non-hydrogen) atoms. The third-order valence-corrected chi connectivity index (χ3v) is 3.47. The molecule has 0 N–H and O–H groups in total. The van der Waals surface area contributed by atoms with Crippen molar-refractivity contribution in [3.05, 3.63) is 54.2 Å². The Hall–Kier alpha value is -2.36. The van der Waals surface area contributed by atoms with Crippen molar-refractivity contribution in [3.63, 3.8) is 0 Å². The van der Waals surface area contributed by atoms with E-state index in [-0.39, 0.29) is 5.82 Å². The topological polar surface area (TPSA) is 26.5 Å². The molecule has 0 aliphatic rings. The second-order valence-corrected chi connectivity index (χ2v) is 4.55. The number of aromatic nitrogens is 2. The summed E-state index contributed by atoms with van der Waals surface area (Å²) in [5, 5.41) is 0. The molecule has 0 aliphatic heterocycles. The quantitative estimate of drug-likeness (QED) is 0.725. The first-order chi connectivity index (χ1) is 9.76. The van der Waals surface area contributed by atoms with E-state index in [1.54, 1.807) is 25.4 Å². The van der Waals surface area contributed by atoms with Crippen LogP contribution in [0.4, 0.5) is 4.39 Å². The Morgan fingerprint density at radius 3 is 2.85 bits per heavy atom. The molecule has 0 saturated carbocycles. The molecule has 0 saturated heterocycles. The van der Waals surface area contributed by atoms with Gasteiger partial charge in [-0.15, -0.1) is 0 Å². The van der Waals surface area contributed by atoms with Gasteiger partial charge in [0, 0.05) is 24.2 Å². The van der Waals surface area contributed by atoms with Gasteiger partial charge in [-0.1, -0.05) is 25.1 Å². The minimum atomic E-state index is -0.204. The Morgan fingerprint density at radius 2 is 2.10 bits per heavy atom. The minimum absolute atomic E-state index is 0.204. The maximum absolute atomic E-state index is 14.6. The average molecular weight is 270 g/mol. The lowest BCUT2D eigenvalue weighted by Crippen LogP contribution is -1.97. The van der Waals surface area contributed by atoms with Crippen LogP contribution in [0.1, 0.15) is 12.5 Å². The van der Waals surface area contributed by atoms with Crippen LogP contribution in [-0.4, -0.2) is 16.5 Å². The van der Waals surface area contributed by atoms with Gasteiger partial charge < -0.3 is 9.14 Å². The van der Waals surface area contributed by atoms with E-state index >= 15 is 0 Å². The number of methoxy groups -OCH3 is 1. The van der Waals surface area contributed by atoms with Crippen molar-refractivity contribution in [1.82, 2.24) is 9.38 Å². The molecule has 2 aromatic heterocycles. The van der Waals surface area contributed by atoms with Crippen LogP contribution < -0.4 is 4.74 Å². The van der Waals surface area contributed by atoms with Crippen molar-refractivity contribution in [2.75, 3.05) is 7.11 Å². The summed E-state index contributed by atoms with van der Waals surface area (Å²) in [7, 11) is 1.58. The lowest BCUT2D eigenvalue weighted by atomic mass is 10.0. The third kappa shape index (κ3) is 1.84. The molecule has 3 rings (SSSR count). The molecule has 3 aromatic rings. The number of benzene rings is 1. The summed E-state index contributed by atoms with van der Waals surface area (Å²) in [6.45, 7) is 1.94. The summed E-state index contributed by atoms with van der Waals surface area (Å²) in [6.07, 6.45) is 6.03. The number of pyridine rings is 1. The molecular formula is C16H15FN2O. The van der Waals surface area contributed by atoms with E-state index in [2.05, 4.69) is 4.98 Å². The molecule has 0 amide bonds. The SMILES string of the molecule is CCc1cccc(-c2c(OC)ccn3ccnc23)c1F. The number of halogens is 1. The van der Waals surface area contributed by atoms with Crippen LogP contribution in [0, 0.1) is 5.82 Å². The number of hydrogen-bond acceptors (Lipinski definition) is 2. The van der Waals surface area contributed by atoms with Gasteiger partial charge in [0.25, 0.3) is 0 Å². The number of hydrogen-bond donors (Lipinski definition) is 0. The Morgan fingerprint density at radius 1 is 1.25 bits per heavy atom. The number of aryl methyl sites for hydroxylation is 1. The van der Waals surface area contributed by atoms with Gasteiger partial charge in [-0.05, 0) is 18.1 Å². The van der Waals surface area contributed by atoms with Gasteiger partial charge in [0.1, 0.15) is 17.2 Å². The first kappa shape index (κ1) is 12.7. The Bertz CT molecular complexity index is 764. The summed E-state index contributed by atoms with van der Waals surface area (Å²) in [4.78, 5) is 4.32. The molecule has 0 aliphatic carbocycles. The lowest BCUT2D eigenvalue weighted by molar-refractivity contribution is 0.416. The van der Waals surface area contributed by atoms with Gasteiger partial charge in [-0.2, -0.15) is 0 Å². The monoisotopic (exact) mass is 270 g/mol. The fraction of sp³-hybridized carbons (Fsp3) is 0.188. The molecule has 0 radical (unpaired) electrons. The zero-order valence-electron chi connectivity index (χ0n) is 11.4. The minimum Gasteiger partial charge on any atom is -0.496 e. The van der Waals surface area contributed by atoms with Gasteiger partial charge in [-0.25, -0.2) is 9.37 Å². The highest BCUT2D eigenvalue weighted by Crippen LogP contribution is 2.35. The highest BCUT2D eigenvalue weighted by molar-refractivity contribution is 5.83. The normalized spacial score (nSPS) is 10.9. The van der Waals surface area contributed by atoms with Crippen LogP contribution in [0.15, 0.2) is 42.9 Å². The molecule has 0 fully saturated rings. The van der Waals surface area contributed by atoms with E-state index in [4.69, 9.17) is 4.74 Å². The van der Waals surface area contributed by atoms with E-state index < -0.39 is 0 Å². The molecular weight excluding hydrogens is 255 g/mol. The highest BCUT2D eigenvalue weighted by Gasteiger charge is 2.17. The molecule has 0 unspecified atom stereocenters. The Balaban J connectivity index is 2.36. The van der Waals surface area contributed by atoms with Crippen molar-refractivity contribution >= 4 is 5.65 Å². The second-order valence-electron chi connectivity index (χ2n) is 4.55. The van der Waals surface area contributed by atoms with Gasteiger partial charge in [0.15, 0.2) is 0 Å². The molecule has 2 heterocycles. The van der Waals surface area contributed by atoms with Crippen LogP contribution >= 0.6 is 0 Å². The lowest BCUT2D eigenvalue weighted by Gasteiger charge is -2.12. The van der Waals surface area contributed by atoms with Crippen molar-refractivity contribution in [2.24, 2.45) is 0 Å². The largest absolute Gasteiger partial charge is 0.496 e. The molecule has 102 valence electrons. The average Bonchev–Trinajstić information content (AvgIpc) is 2.95. The zero-order valence-corrected chi connectivity index (χ0v) is 11.4. The van der Waals surface area contributed by atoms with Gasteiger partial charge in [-0.3, -0.25) is 0 Å². The van der Waals surface area contributed by atoms with Gasteiger partial charge in [0.2, 0.25) is 0 Å². The molecule has 0 atom stereocenters. The second kappa shape index (κ2) is 4.96. The maximum atomic E-state index is 14.6. The summed E-state index contributed by atoms with van der Waals surface area (Å²) in [5.41, 5.74) is 2.60. The van der Waals surface area contributed by atoms with Crippen LogP contribution in [-0.2, 0) is 6.42 Å². The zero-order chi connectivity index (χ0) is 14.1. The van der Waals surface area contributed by atoms with Crippen molar-refractivity contribution in [2.45, 2.75) is 13.3 Å². The summed E-state index contributed by atoms with van der Waals surface area (Å²) < 4.78 is 21.9. The number of imidazole rings is 1. The highest BCUT2D eigenvalue weighted by atomic mass is 19.1. The molecule has 1 aromatic carbocycles. The third-order valence-electron chi connectivity index (χ3n) is 3.47. The van der Waals surface area contributed by atoms with Crippen molar-refractivity contribution < 1.29 is 9.13 Å². The summed E-state index contributed by atoms with van der Waals surface area (Å²) in [5.74, 6) is 0.417. The van der Waals surface area contributed by atoms with Crippen LogP contribution in [0.3, 0.4) is 0 Å². The van der Waals surface area contributed by atoms with Gasteiger partial charge >= 0.3 is 0 Å².